The smallest absolute Gasteiger partial charge is 0.0864 e. The Hall–Kier alpha value is -9.68. The number of nitrogens with one attached hydrogen (secondary N) is 4. The van der Waals surface area contributed by atoms with Crippen molar-refractivity contribution in [2.75, 3.05) is 21.3 Å². The predicted molar refractivity (Wildman–Crippen MR) is 282 cm³/mol. The molecule has 0 spiro atoms. The molecule has 68 heavy (non-hydrogen) atoms. The molecule has 2 aliphatic rings. The third kappa shape index (κ3) is 11.5. The highest BCUT2D eigenvalue weighted by Crippen LogP contribution is 2.31. The first-order valence-corrected chi connectivity index (χ1v) is 21.7. The Labute approximate surface area is 394 Å². The number of benzene rings is 4. The van der Waals surface area contributed by atoms with Gasteiger partial charge >= 0.3 is 0 Å². The van der Waals surface area contributed by atoms with Crippen LogP contribution in [0.2, 0.25) is 0 Å². The van der Waals surface area contributed by atoms with Crippen LogP contribution in [0.4, 0.5) is 45.5 Å². The molecule has 12 nitrogen and oxygen atoms in total. The Kier molecular flexibility index (Phi) is 14.3. The Balaban J connectivity index is 0.000000170. The summed E-state index contributed by atoms with van der Waals surface area (Å²) in [5.41, 5.74) is 14.5. The molecule has 0 amide bonds. The monoisotopic (exact) mass is 884 g/mol. The average Bonchev–Trinajstić information content (AvgIpc) is 3.41. The van der Waals surface area contributed by atoms with Crippen LogP contribution in [-0.2, 0) is 0 Å². The van der Waals surface area contributed by atoms with Crippen molar-refractivity contribution in [3.05, 3.63) is 242 Å². The highest BCUT2D eigenvalue weighted by atomic mass is 14.9. The standard InChI is InChI=1S/2C28H22N6/c2*1-2-6-26-25(5-1)31-17-23(21-9-13-29-14-10-21)19-33-27-7-3-4-8-28(27)34-20-24(18-32-26)22-11-15-30-16-12-22/h2*1-20,31,34H/b2*23-17+,24-20+,32-18?,33-19?. The van der Waals surface area contributed by atoms with Gasteiger partial charge in [0.15, 0.2) is 0 Å². The van der Waals surface area contributed by atoms with Crippen molar-refractivity contribution in [1.29, 1.82) is 0 Å². The van der Waals surface area contributed by atoms with Gasteiger partial charge < -0.3 is 21.3 Å². The van der Waals surface area contributed by atoms with Gasteiger partial charge in [0.2, 0.25) is 0 Å². The van der Waals surface area contributed by atoms with E-state index in [1.807, 2.05) is 195 Å². The summed E-state index contributed by atoms with van der Waals surface area (Å²) < 4.78 is 0. The van der Waals surface area contributed by atoms with E-state index in [0.29, 0.717) is 0 Å². The number of pyridine rings is 4. The number of allylic oxidation sites excluding steroid dienone is 4. The number of aromatic nitrogens is 4. The lowest BCUT2D eigenvalue weighted by molar-refractivity contribution is 1.32. The number of anilines is 4. The van der Waals surface area contributed by atoms with Crippen LogP contribution in [0.1, 0.15) is 22.3 Å². The third-order valence-electron chi connectivity index (χ3n) is 10.6. The predicted octanol–water partition coefficient (Wildman–Crippen LogP) is 13.0. The minimum absolute atomic E-state index is 0.821. The zero-order chi connectivity index (χ0) is 46.0. The van der Waals surface area contributed by atoms with E-state index in [-0.39, 0.29) is 0 Å². The van der Waals surface area contributed by atoms with Crippen molar-refractivity contribution in [2.45, 2.75) is 0 Å². The molecule has 0 unspecified atom stereocenters. The largest absolute Gasteiger partial charge is 0.359 e. The molecule has 4 aromatic heterocycles. The average molecular weight is 885 g/mol. The van der Waals surface area contributed by atoms with Crippen LogP contribution < -0.4 is 21.3 Å². The topological polar surface area (TPSA) is 149 Å². The van der Waals surface area contributed by atoms with Gasteiger partial charge in [0, 0.05) is 122 Å². The van der Waals surface area contributed by atoms with Crippen LogP contribution in [0.15, 0.2) is 240 Å². The molecule has 328 valence electrons. The summed E-state index contributed by atoms with van der Waals surface area (Å²) in [5.74, 6) is 0. The van der Waals surface area contributed by atoms with E-state index in [1.54, 1.807) is 49.6 Å². The normalized spacial score (nSPS) is 16.4. The highest BCUT2D eigenvalue weighted by molar-refractivity contribution is 6.14. The van der Waals surface area contributed by atoms with E-state index in [0.717, 1.165) is 90.0 Å². The summed E-state index contributed by atoms with van der Waals surface area (Å²) in [5, 5.41) is 13.6. The van der Waals surface area contributed by atoms with Crippen molar-refractivity contribution in [1.82, 2.24) is 19.9 Å². The van der Waals surface area contributed by atoms with Gasteiger partial charge in [0.1, 0.15) is 0 Å². The Morgan fingerprint density at radius 2 is 0.441 bits per heavy atom. The van der Waals surface area contributed by atoms with E-state index in [4.69, 9.17) is 20.0 Å². The lowest BCUT2D eigenvalue weighted by Crippen LogP contribution is -1.97. The van der Waals surface area contributed by atoms with Crippen molar-refractivity contribution in [3.8, 4) is 0 Å². The first kappa shape index (κ1) is 43.6. The summed E-state index contributed by atoms with van der Waals surface area (Å²) >= 11 is 0. The van der Waals surface area contributed by atoms with E-state index >= 15 is 0 Å². The van der Waals surface area contributed by atoms with Gasteiger partial charge in [-0.25, -0.2) is 0 Å². The summed E-state index contributed by atoms with van der Waals surface area (Å²) in [6.07, 6.45) is 29.4. The maximum absolute atomic E-state index is 4.80. The summed E-state index contributed by atoms with van der Waals surface area (Å²) in [4.78, 5) is 35.7. The van der Waals surface area contributed by atoms with Crippen LogP contribution in [0, 0.1) is 0 Å². The van der Waals surface area contributed by atoms with Gasteiger partial charge in [0.25, 0.3) is 0 Å². The molecule has 0 saturated carbocycles. The second-order valence-corrected chi connectivity index (χ2v) is 15.0. The molecule has 0 bridgehead atoms. The van der Waals surface area contributed by atoms with Crippen molar-refractivity contribution < 1.29 is 0 Å². The molecule has 0 saturated heterocycles. The first-order valence-electron chi connectivity index (χ1n) is 21.7. The quantitative estimate of drug-likeness (QED) is 0.136. The number of hydrogen-bond donors (Lipinski definition) is 4. The Morgan fingerprint density at radius 1 is 0.235 bits per heavy atom. The summed E-state index contributed by atoms with van der Waals surface area (Å²) in [7, 11) is 0. The fraction of sp³-hybridized carbons (Fsp3) is 0. The minimum atomic E-state index is 0.821. The van der Waals surface area contributed by atoms with Gasteiger partial charge in [-0.15, -0.1) is 0 Å². The molecule has 6 heterocycles. The molecule has 2 aliphatic heterocycles. The second-order valence-electron chi connectivity index (χ2n) is 15.0. The fourth-order valence-corrected chi connectivity index (χ4v) is 6.97. The molecule has 4 aromatic carbocycles. The number of para-hydroxylation sites is 8. The van der Waals surface area contributed by atoms with E-state index < -0.39 is 0 Å². The minimum Gasteiger partial charge on any atom is -0.359 e. The van der Waals surface area contributed by atoms with Crippen molar-refractivity contribution >= 4 is 92.6 Å². The lowest BCUT2D eigenvalue weighted by atomic mass is 10.1. The molecule has 0 fully saturated rings. The van der Waals surface area contributed by atoms with Crippen LogP contribution >= 0.6 is 0 Å². The third-order valence-corrected chi connectivity index (χ3v) is 10.6. The molecule has 12 heteroatoms. The van der Waals surface area contributed by atoms with Gasteiger partial charge in [-0.3, -0.25) is 39.9 Å². The molecule has 8 aromatic rings. The zero-order valence-corrected chi connectivity index (χ0v) is 36.7. The molecule has 0 atom stereocenters. The molecule has 0 radical (unpaired) electrons. The molecular weight excluding hydrogens is 841 g/mol. The molecule has 0 aliphatic carbocycles. The summed E-state index contributed by atoms with van der Waals surface area (Å²) in [6, 6.07) is 47.4. The maximum Gasteiger partial charge on any atom is 0.0864 e. The lowest BCUT2D eigenvalue weighted by Gasteiger charge is -2.11. The van der Waals surface area contributed by atoms with Crippen LogP contribution in [0.5, 0.6) is 0 Å². The van der Waals surface area contributed by atoms with E-state index in [9.17, 15) is 0 Å². The second kappa shape index (κ2) is 22.3. The maximum atomic E-state index is 4.80. The highest BCUT2D eigenvalue weighted by Gasteiger charge is 2.09. The first-order chi connectivity index (χ1) is 33.7. The van der Waals surface area contributed by atoms with Crippen LogP contribution in [0.25, 0.3) is 22.3 Å². The number of aliphatic imine (C=N–C) groups is 4. The number of rotatable bonds is 4. The Bertz CT molecular complexity index is 2780. The zero-order valence-electron chi connectivity index (χ0n) is 36.7. The van der Waals surface area contributed by atoms with Crippen molar-refractivity contribution in [3.63, 3.8) is 0 Å². The number of nitrogens with zero attached hydrogens (tertiary/aromatic N) is 8. The number of hydrogen-bond acceptors (Lipinski definition) is 12. The van der Waals surface area contributed by atoms with Crippen LogP contribution in [0.3, 0.4) is 0 Å². The van der Waals surface area contributed by atoms with Crippen LogP contribution in [-0.4, -0.2) is 44.8 Å². The van der Waals surface area contributed by atoms with Gasteiger partial charge in [0.05, 0.1) is 45.5 Å². The van der Waals surface area contributed by atoms with Gasteiger partial charge in [-0.2, -0.15) is 0 Å². The summed E-state index contributed by atoms with van der Waals surface area (Å²) in [6.45, 7) is 0. The van der Waals surface area contributed by atoms with E-state index in [1.165, 1.54) is 0 Å². The van der Waals surface area contributed by atoms with Crippen molar-refractivity contribution in [2.24, 2.45) is 20.0 Å². The molecular formula is C56H44N12. The molecule has 4 N–H and O–H groups in total. The van der Waals surface area contributed by atoms with Gasteiger partial charge in [-0.05, 0) is 119 Å². The van der Waals surface area contributed by atoms with Gasteiger partial charge in [-0.1, -0.05) is 48.5 Å². The number of fused-ring (bicyclic) bond motifs is 4. The SMILES string of the molecule is C1=Nc2ccccc2N/C=C(/c2ccncc2)C=Nc2ccccc2N/C=C\1c1ccncc1.C1=Nc2ccccc2N/C=C(/c2ccncc2)C=Nc2ccccc2N/C=C\1c1ccncc1. The van der Waals surface area contributed by atoms with E-state index in [2.05, 4.69) is 41.2 Å². The Morgan fingerprint density at radius 3 is 0.662 bits per heavy atom. The fourth-order valence-electron chi connectivity index (χ4n) is 6.97. The molecule has 10 rings (SSSR count).